The number of nitrogens with one attached hydrogen (secondary N) is 4. The zero-order valence-electron chi connectivity index (χ0n) is 29.8. The predicted octanol–water partition coefficient (Wildman–Crippen LogP) is 2.90. The maximum Gasteiger partial charge on any atom is 0.410 e. The SMILES string of the molecule is O=C(NC1CCCC1)N[C@H]1CCCCC/C=C/[C@@H]2C[C@@]2(C(=O)NS(=O)(=O)C2CC2)NC(=O)[C@@H]2C[C@@H](OC(=O)N3CCc4c(F)cccc4C3)CN2C1=O. The van der Waals surface area contributed by atoms with E-state index in [0.717, 1.165) is 38.5 Å². The van der Waals surface area contributed by atoms with Crippen molar-refractivity contribution in [2.24, 2.45) is 5.92 Å². The summed E-state index contributed by atoms with van der Waals surface area (Å²) in [6.07, 6.45) is 10.5. The van der Waals surface area contributed by atoms with Gasteiger partial charge in [-0.1, -0.05) is 50.0 Å². The van der Waals surface area contributed by atoms with Gasteiger partial charge in [-0.3, -0.25) is 19.1 Å². The molecule has 53 heavy (non-hydrogen) atoms. The number of halogens is 1. The highest BCUT2D eigenvalue weighted by molar-refractivity contribution is 7.91. The molecule has 0 radical (unpaired) electrons. The number of hydrogen-bond donors (Lipinski definition) is 4. The van der Waals surface area contributed by atoms with Crippen molar-refractivity contribution in [3.63, 3.8) is 0 Å². The zero-order chi connectivity index (χ0) is 37.3. The molecule has 1 saturated heterocycles. The Hall–Kier alpha value is -4.21. The molecule has 6 amide bonds. The number of allylic oxidation sites excluding steroid dienone is 1. The number of amides is 6. The van der Waals surface area contributed by atoms with Gasteiger partial charge in [0.2, 0.25) is 21.8 Å². The van der Waals surface area contributed by atoms with Crippen molar-refractivity contribution >= 4 is 39.9 Å². The maximum absolute atomic E-state index is 14.4. The van der Waals surface area contributed by atoms with E-state index < -0.39 is 74.8 Å². The molecule has 5 atom stereocenters. The highest BCUT2D eigenvalue weighted by Gasteiger charge is 2.62. The summed E-state index contributed by atoms with van der Waals surface area (Å²) in [5, 5.41) is 8.00. The molecule has 4 N–H and O–H groups in total. The van der Waals surface area contributed by atoms with Crippen molar-refractivity contribution in [1.82, 2.24) is 30.5 Å². The van der Waals surface area contributed by atoms with Gasteiger partial charge in [-0.05, 0) is 75.0 Å². The first-order chi connectivity index (χ1) is 25.4. The highest BCUT2D eigenvalue weighted by Crippen LogP contribution is 2.46. The second kappa shape index (κ2) is 15.3. The number of hydrogen-bond acceptors (Lipinski definition) is 8. The molecule has 288 valence electrons. The van der Waals surface area contributed by atoms with Crippen molar-refractivity contribution in [1.29, 1.82) is 0 Å². The summed E-state index contributed by atoms with van der Waals surface area (Å²) in [7, 11) is -3.91. The quantitative estimate of drug-likeness (QED) is 0.320. The average molecular weight is 757 g/mol. The van der Waals surface area contributed by atoms with E-state index in [0.29, 0.717) is 49.7 Å². The molecule has 1 aromatic rings. The maximum atomic E-state index is 14.4. The third-order valence-corrected chi connectivity index (χ3v) is 13.4. The molecular weight excluding hydrogens is 708 g/mol. The monoisotopic (exact) mass is 756 g/mol. The van der Waals surface area contributed by atoms with Gasteiger partial charge in [0.05, 0.1) is 11.8 Å². The Balaban J connectivity index is 1.12. The van der Waals surface area contributed by atoms with Crippen LogP contribution >= 0.6 is 0 Å². The Morgan fingerprint density at radius 2 is 1.75 bits per heavy atom. The van der Waals surface area contributed by atoms with E-state index in [1.165, 1.54) is 15.9 Å². The minimum absolute atomic E-state index is 0.0176. The molecule has 3 aliphatic carbocycles. The number of fused-ring (bicyclic) bond motifs is 3. The van der Waals surface area contributed by atoms with Crippen LogP contribution in [-0.4, -0.2) is 96.2 Å². The van der Waals surface area contributed by atoms with Crippen LogP contribution in [0.4, 0.5) is 14.0 Å². The standard InChI is InChI=1S/C37H49FN6O8S/c38-29-13-8-9-23-21-43(18-17-28(23)29)36(49)52-26-19-31-32(45)41-37(34(47)42-53(50,51)27-15-16-27)20-24(37)10-4-2-1-3-5-14-30(33(46)44(31)22-26)40-35(48)39-25-11-6-7-12-25/h4,8-10,13,24-27,30-31H,1-3,5-7,11-12,14-22H2,(H,41,45)(H,42,47)(H2,39,40,48)/b10-4+/t24-,26-,30+,31+,37-/m1/s1. The summed E-state index contributed by atoms with van der Waals surface area (Å²) in [5.74, 6) is -2.79. The molecule has 6 aliphatic rings. The van der Waals surface area contributed by atoms with Gasteiger partial charge in [-0.15, -0.1) is 0 Å². The predicted molar refractivity (Wildman–Crippen MR) is 190 cm³/mol. The third kappa shape index (κ3) is 8.31. The van der Waals surface area contributed by atoms with Gasteiger partial charge in [0.1, 0.15) is 29.5 Å². The van der Waals surface area contributed by atoms with Crippen LogP contribution in [-0.2, 0) is 42.1 Å². The first kappa shape index (κ1) is 37.1. The van der Waals surface area contributed by atoms with Crippen LogP contribution in [0, 0.1) is 11.7 Å². The van der Waals surface area contributed by atoms with Crippen LogP contribution in [0.25, 0.3) is 0 Å². The number of urea groups is 1. The number of rotatable bonds is 6. The molecule has 4 fully saturated rings. The van der Waals surface area contributed by atoms with Gasteiger partial charge in [0.25, 0.3) is 5.91 Å². The van der Waals surface area contributed by atoms with Crippen molar-refractivity contribution in [3.8, 4) is 0 Å². The Kier molecular flexibility index (Phi) is 10.7. The van der Waals surface area contributed by atoms with E-state index >= 15 is 0 Å². The fourth-order valence-corrected chi connectivity index (χ4v) is 9.60. The molecule has 14 nitrogen and oxygen atoms in total. The van der Waals surface area contributed by atoms with Crippen molar-refractivity contribution < 1.29 is 41.5 Å². The summed E-state index contributed by atoms with van der Waals surface area (Å²) < 4.78 is 48.0. The first-order valence-electron chi connectivity index (χ1n) is 19.1. The lowest BCUT2D eigenvalue weighted by Gasteiger charge is -2.30. The third-order valence-electron chi connectivity index (χ3n) is 11.6. The van der Waals surface area contributed by atoms with Gasteiger partial charge in [0, 0.05) is 31.5 Å². The van der Waals surface area contributed by atoms with Crippen molar-refractivity contribution in [3.05, 3.63) is 47.3 Å². The number of ether oxygens (including phenoxy) is 1. The van der Waals surface area contributed by atoms with Gasteiger partial charge in [0.15, 0.2) is 0 Å². The van der Waals surface area contributed by atoms with E-state index in [-0.39, 0.29) is 44.3 Å². The second-order valence-corrected chi connectivity index (χ2v) is 17.4. The Bertz CT molecular complexity index is 1760. The second-order valence-electron chi connectivity index (χ2n) is 15.5. The number of sulfonamides is 1. The Morgan fingerprint density at radius 1 is 0.981 bits per heavy atom. The minimum Gasteiger partial charge on any atom is -0.444 e. The van der Waals surface area contributed by atoms with Crippen LogP contribution in [0.1, 0.15) is 94.6 Å². The largest absolute Gasteiger partial charge is 0.444 e. The summed E-state index contributed by atoms with van der Waals surface area (Å²) in [4.78, 5) is 71.7. The topological polar surface area (TPSA) is 183 Å². The molecule has 0 unspecified atom stereocenters. The van der Waals surface area contributed by atoms with Crippen molar-refractivity contribution in [2.75, 3.05) is 13.1 Å². The summed E-state index contributed by atoms with van der Waals surface area (Å²) in [6, 6.07) is 2.13. The molecule has 1 aromatic carbocycles. The highest BCUT2D eigenvalue weighted by atomic mass is 32.2. The van der Waals surface area contributed by atoms with Gasteiger partial charge >= 0.3 is 12.1 Å². The molecular formula is C37H49FN6O8S. The minimum atomic E-state index is -3.91. The van der Waals surface area contributed by atoms with E-state index in [2.05, 4.69) is 20.7 Å². The van der Waals surface area contributed by atoms with Crippen LogP contribution < -0.4 is 20.7 Å². The number of carbonyl (C=O) groups is 5. The van der Waals surface area contributed by atoms with E-state index in [1.54, 1.807) is 12.1 Å². The number of nitrogens with zero attached hydrogens (tertiary/aromatic N) is 2. The van der Waals surface area contributed by atoms with Crippen LogP contribution in [0.5, 0.6) is 0 Å². The average Bonchev–Trinajstić information content (AvgIpc) is 4.00. The molecule has 3 heterocycles. The lowest BCUT2D eigenvalue weighted by atomic mass is 9.99. The summed E-state index contributed by atoms with van der Waals surface area (Å²) in [5.41, 5.74) is -0.307. The van der Waals surface area contributed by atoms with Gasteiger partial charge < -0.3 is 30.5 Å². The number of benzene rings is 1. The van der Waals surface area contributed by atoms with Gasteiger partial charge in [-0.25, -0.2) is 22.4 Å². The number of carbonyl (C=O) groups excluding carboxylic acids is 5. The molecule has 7 rings (SSSR count). The normalized spacial score (nSPS) is 30.1. The Labute approximate surface area is 309 Å². The van der Waals surface area contributed by atoms with Crippen LogP contribution in [0.3, 0.4) is 0 Å². The lowest BCUT2D eigenvalue weighted by molar-refractivity contribution is -0.141. The van der Waals surface area contributed by atoms with E-state index in [1.807, 2.05) is 12.2 Å². The molecule has 0 aromatic heterocycles. The van der Waals surface area contributed by atoms with Gasteiger partial charge in [-0.2, -0.15) is 0 Å². The fraction of sp³-hybridized carbons (Fsp3) is 0.649. The summed E-state index contributed by atoms with van der Waals surface area (Å²) >= 11 is 0. The van der Waals surface area contributed by atoms with E-state index in [9.17, 15) is 36.8 Å². The molecule has 16 heteroatoms. The molecule has 0 spiro atoms. The Morgan fingerprint density at radius 3 is 2.53 bits per heavy atom. The van der Waals surface area contributed by atoms with Crippen LogP contribution in [0.2, 0.25) is 0 Å². The first-order valence-corrected chi connectivity index (χ1v) is 20.6. The smallest absolute Gasteiger partial charge is 0.410 e. The molecule has 3 saturated carbocycles. The zero-order valence-corrected chi connectivity index (χ0v) is 30.6. The summed E-state index contributed by atoms with van der Waals surface area (Å²) in [6.45, 7) is 0.233. The lowest BCUT2D eigenvalue weighted by Crippen LogP contribution is -2.59. The molecule has 0 bridgehead atoms. The van der Waals surface area contributed by atoms with E-state index in [4.69, 9.17) is 4.74 Å². The van der Waals surface area contributed by atoms with Crippen molar-refractivity contribution in [2.45, 2.75) is 131 Å². The van der Waals surface area contributed by atoms with Crippen LogP contribution in [0.15, 0.2) is 30.4 Å². The fourth-order valence-electron chi connectivity index (χ4n) is 8.24. The molecule has 3 aliphatic heterocycles.